The van der Waals surface area contributed by atoms with Crippen molar-refractivity contribution in [3.05, 3.63) is 65.2 Å². The first-order valence-electron chi connectivity index (χ1n) is 9.55. The van der Waals surface area contributed by atoms with Gasteiger partial charge in [0.2, 0.25) is 0 Å². The van der Waals surface area contributed by atoms with E-state index in [9.17, 15) is 0 Å². The zero-order valence-corrected chi connectivity index (χ0v) is 16.9. The molecule has 156 valence electrons. The Morgan fingerprint density at radius 2 is 1.55 bits per heavy atom. The van der Waals surface area contributed by atoms with Crippen LogP contribution < -0.4 is 4.74 Å². The Kier molecular flexibility index (Phi) is 9.47. The fraction of sp³-hybridized carbons (Fsp3) is 0.364. The second kappa shape index (κ2) is 12.1. The van der Waals surface area contributed by atoms with E-state index in [4.69, 9.17) is 36.1 Å². The van der Waals surface area contributed by atoms with Crippen molar-refractivity contribution in [3.8, 4) is 5.75 Å². The summed E-state index contributed by atoms with van der Waals surface area (Å²) in [6, 6.07) is 18.4. The highest BCUT2D eigenvalue weighted by atomic mass is 35.5. The number of nitrogens with zero attached hydrogens (tertiary/aromatic N) is 1. The number of likely N-dealkylation sites (tertiary alicyclic amines) is 1. The molecular formula is C22H26ClNO5. The summed E-state index contributed by atoms with van der Waals surface area (Å²) >= 11 is 5.88. The van der Waals surface area contributed by atoms with E-state index in [1.807, 2.05) is 24.3 Å². The van der Waals surface area contributed by atoms with Crippen LogP contribution in [-0.2, 0) is 16.0 Å². The van der Waals surface area contributed by atoms with E-state index in [1.165, 1.54) is 37.9 Å². The normalized spacial score (nSPS) is 14.5. The summed E-state index contributed by atoms with van der Waals surface area (Å²) < 4.78 is 5.79. The van der Waals surface area contributed by atoms with E-state index in [2.05, 4.69) is 35.2 Å². The molecule has 2 N–H and O–H groups in total. The monoisotopic (exact) mass is 419 g/mol. The van der Waals surface area contributed by atoms with Crippen molar-refractivity contribution in [2.45, 2.75) is 19.3 Å². The number of benzene rings is 2. The third-order valence-electron chi connectivity index (χ3n) is 4.75. The number of ether oxygens (including phenoxy) is 1. The van der Waals surface area contributed by atoms with Gasteiger partial charge in [0, 0.05) is 11.6 Å². The molecule has 1 heterocycles. The summed E-state index contributed by atoms with van der Waals surface area (Å²) in [5, 5.41) is 15.5. The minimum atomic E-state index is -1.82. The molecule has 0 atom stereocenters. The van der Waals surface area contributed by atoms with Crippen molar-refractivity contribution in [2.24, 2.45) is 5.92 Å². The highest BCUT2D eigenvalue weighted by Gasteiger charge is 2.19. The summed E-state index contributed by atoms with van der Waals surface area (Å²) in [7, 11) is 0. The van der Waals surface area contributed by atoms with Gasteiger partial charge in [0.1, 0.15) is 12.4 Å². The number of carboxylic acids is 2. The smallest absolute Gasteiger partial charge is 0.414 e. The standard InChI is InChI=1S/C20H24ClNO.C2H2O4/c21-19-6-8-20(9-7-19)23-15-14-22-12-10-18(11-13-22)16-17-4-2-1-3-5-17;3-1(4)2(5)6/h1-9,18H,10-16H2;(H,3,4)(H,5,6). The summed E-state index contributed by atoms with van der Waals surface area (Å²) in [5.41, 5.74) is 1.47. The molecule has 29 heavy (non-hydrogen) atoms. The Morgan fingerprint density at radius 3 is 2.10 bits per heavy atom. The molecule has 0 aromatic heterocycles. The Morgan fingerprint density at radius 1 is 0.966 bits per heavy atom. The minimum Gasteiger partial charge on any atom is -0.492 e. The molecule has 3 rings (SSSR count). The largest absolute Gasteiger partial charge is 0.492 e. The Bertz CT molecular complexity index is 747. The third kappa shape index (κ3) is 8.98. The molecular weight excluding hydrogens is 394 g/mol. The van der Waals surface area contributed by atoms with Gasteiger partial charge in [-0.3, -0.25) is 4.90 Å². The van der Waals surface area contributed by atoms with Crippen molar-refractivity contribution in [1.29, 1.82) is 0 Å². The summed E-state index contributed by atoms with van der Waals surface area (Å²) in [6.07, 6.45) is 3.79. The number of aliphatic carboxylic acids is 2. The molecule has 1 fully saturated rings. The van der Waals surface area contributed by atoms with Gasteiger partial charge in [0.05, 0.1) is 0 Å². The molecule has 2 aromatic rings. The van der Waals surface area contributed by atoms with Crippen LogP contribution in [-0.4, -0.2) is 53.3 Å². The molecule has 0 unspecified atom stereocenters. The molecule has 0 amide bonds. The highest BCUT2D eigenvalue weighted by molar-refractivity contribution is 6.30. The topological polar surface area (TPSA) is 87.1 Å². The lowest BCUT2D eigenvalue weighted by atomic mass is 9.90. The van der Waals surface area contributed by atoms with Crippen LogP contribution in [0.2, 0.25) is 5.02 Å². The van der Waals surface area contributed by atoms with E-state index >= 15 is 0 Å². The first-order valence-corrected chi connectivity index (χ1v) is 9.92. The van der Waals surface area contributed by atoms with Crippen molar-refractivity contribution in [1.82, 2.24) is 4.90 Å². The first kappa shape index (κ1) is 22.7. The van der Waals surface area contributed by atoms with Crippen LogP contribution in [0.5, 0.6) is 5.75 Å². The lowest BCUT2D eigenvalue weighted by Gasteiger charge is -2.31. The van der Waals surface area contributed by atoms with Crippen LogP contribution in [0.4, 0.5) is 0 Å². The van der Waals surface area contributed by atoms with Gasteiger partial charge in [-0.15, -0.1) is 0 Å². The fourth-order valence-corrected chi connectivity index (χ4v) is 3.31. The SMILES string of the molecule is Clc1ccc(OCCN2CCC(Cc3ccccc3)CC2)cc1.O=C(O)C(=O)O. The molecule has 0 spiro atoms. The molecule has 1 aliphatic heterocycles. The maximum atomic E-state index is 9.10. The van der Waals surface area contributed by atoms with E-state index in [0.717, 1.165) is 29.8 Å². The molecule has 0 bridgehead atoms. The molecule has 7 heteroatoms. The second-order valence-electron chi connectivity index (χ2n) is 6.89. The number of hydrogen-bond donors (Lipinski definition) is 2. The Hall–Kier alpha value is -2.57. The molecule has 1 aliphatic rings. The van der Waals surface area contributed by atoms with Gasteiger partial charge in [-0.25, -0.2) is 9.59 Å². The zero-order valence-electron chi connectivity index (χ0n) is 16.2. The number of piperidine rings is 1. The minimum absolute atomic E-state index is 0.741. The van der Waals surface area contributed by atoms with E-state index in [-0.39, 0.29) is 0 Å². The lowest BCUT2D eigenvalue weighted by molar-refractivity contribution is -0.159. The van der Waals surface area contributed by atoms with Crippen molar-refractivity contribution in [3.63, 3.8) is 0 Å². The summed E-state index contributed by atoms with van der Waals surface area (Å²) in [4.78, 5) is 20.7. The van der Waals surface area contributed by atoms with Crippen LogP contribution in [0.1, 0.15) is 18.4 Å². The second-order valence-corrected chi connectivity index (χ2v) is 7.32. The first-order chi connectivity index (χ1) is 13.9. The number of carboxylic acid groups (broad SMARTS) is 2. The molecule has 6 nitrogen and oxygen atoms in total. The maximum absolute atomic E-state index is 9.10. The van der Waals surface area contributed by atoms with Gasteiger partial charge in [-0.05, 0) is 68.1 Å². The van der Waals surface area contributed by atoms with Gasteiger partial charge < -0.3 is 14.9 Å². The number of rotatable bonds is 6. The number of carbonyl (C=O) groups is 2. The van der Waals surface area contributed by atoms with Crippen molar-refractivity contribution < 1.29 is 24.5 Å². The van der Waals surface area contributed by atoms with E-state index in [1.54, 1.807) is 0 Å². The van der Waals surface area contributed by atoms with Gasteiger partial charge in [0.25, 0.3) is 0 Å². The van der Waals surface area contributed by atoms with Crippen LogP contribution >= 0.6 is 11.6 Å². The van der Waals surface area contributed by atoms with Gasteiger partial charge >= 0.3 is 11.9 Å². The molecule has 0 aliphatic carbocycles. The maximum Gasteiger partial charge on any atom is 0.414 e. The van der Waals surface area contributed by atoms with Crippen molar-refractivity contribution >= 4 is 23.5 Å². The quantitative estimate of drug-likeness (QED) is 0.692. The predicted molar refractivity (Wildman–Crippen MR) is 112 cm³/mol. The molecule has 1 saturated heterocycles. The fourth-order valence-electron chi connectivity index (χ4n) is 3.19. The predicted octanol–water partition coefficient (Wildman–Crippen LogP) is 3.83. The molecule has 0 radical (unpaired) electrons. The zero-order chi connectivity index (χ0) is 21.1. The Balaban J connectivity index is 0.000000438. The highest BCUT2D eigenvalue weighted by Crippen LogP contribution is 2.21. The van der Waals surface area contributed by atoms with Crippen LogP contribution in [0.25, 0.3) is 0 Å². The summed E-state index contributed by atoms with van der Waals surface area (Å²) in [5.74, 6) is -1.93. The van der Waals surface area contributed by atoms with Gasteiger partial charge in [-0.2, -0.15) is 0 Å². The molecule has 0 saturated carbocycles. The van der Waals surface area contributed by atoms with Crippen LogP contribution in [0.15, 0.2) is 54.6 Å². The summed E-state index contributed by atoms with van der Waals surface area (Å²) in [6.45, 7) is 4.11. The molecule has 2 aromatic carbocycles. The van der Waals surface area contributed by atoms with E-state index in [0.29, 0.717) is 0 Å². The average molecular weight is 420 g/mol. The van der Waals surface area contributed by atoms with E-state index < -0.39 is 11.9 Å². The lowest BCUT2D eigenvalue weighted by Crippen LogP contribution is -2.36. The van der Waals surface area contributed by atoms with Crippen molar-refractivity contribution in [2.75, 3.05) is 26.2 Å². The third-order valence-corrected chi connectivity index (χ3v) is 5.00. The van der Waals surface area contributed by atoms with Gasteiger partial charge in [0.15, 0.2) is 0 Å². The average Bonchev–Trinajstić information content (AvgIpc) is 2.72. The number of hydrogen-bond acceptors (Lipinski definition) is 4. The van der Waals surface area contributed by atoms with Crippen LogP contribution in [0, 0.1) is 5.92 Å². The number of halogens is 1. The van der Waals surface area contributed by atoms with Crippen LogP contribution in [0.3, 0.4) is 0 Å². The Labute approximate surface area is 175 Å². The van der Waals surface area contributed by atoms with Gasteiger partial charge in [-0.1, -0.05) is 41.9 Å².